The molecule has 0 aliphatic rings. The van der Waals surface area contributed by atoms with Crippen molar-refractivity contribution in [2.45, 2.75) is 52.0 Å². The maximum atomic E-state index is 11.6. The Labute approximate surface area is 157 Å². The number of amides is 1. The highest BCUT2D eigenvalue weighted by molar-refractivity contribution is 9.10. The van der Waals surface area contributed by atoms with Gasteiger partial charge in [-0.2, -0.15) is 0 Å². The Kier molecular flexibility index (Phi) is 9.99. The van der Waals surface area contributed by atoms with Crippen LogP contribution in [0.2, 0.25) is 0 Å². The first-order valence-corrected chi connectivity index (χ1v) is 9.25. The Morgan fingerprint density at radius 3 is 2.60 bits per heavy atom. The van der Waals surface area contributed by atoms with Crippen LogP contribution in [0.3, 0.4) is 0 Å². The highest BCUT2D eigenvalue weighted by atomic mass is 79.9. The van der Waals surface area contributed by atoms with E-state index in [9.17, 15) is 9.59 Å². The highest BCUT2D eigenvalue weighted by Gasteiger charge is 2.12. The van der Waals surface area contributed by atoms with E-state index >= 15 is 0 Å². The van der Waals surface area contributed by atoms with E-state index in [-0.39, 0.29) is 18.7 Å². The molecule has 6 nitrogen and oxygen atoms in total. The molecule has 1 amide bonds. The van der Waals surface area contributed by atoms with E-state index in [2.05, 4.69) is 28.2 Å². The summed E-state index contributed by atoms with van der Waals surface area (Å²) in [6, 6.07) is 3.67. The summed E-state index contributed by atoms with van der Waals surface area (Å²) in [5, 5.41) is 11.3. The molecule has 0 saturated carbocycles. The second-order valence-electron chi connectivity index (χ2n) is 5.69. The van der Waals surface area contributed by atoms with Crippen molar-refractivity contribution in [3.05, 3.63) is 22.2 Å². The van der Waals surface area contributed by atoms with Crippen molar-refractivity contribution in [2.75, 3.05) is 13.7 Å². The summed E-state index contributed by atoms with van der Waals surface area (Å²) in [5.41, 5.74) is 0.839. The van der Waals surface area contributed by atoms with Crippen LogP contribution in [-0.4, -0.2) is 30.7 Å². The van der Waals surface area contributed by atoms with Crippen LogP contribution in [0.25, 0.3) is 0 Å². The fourth-order valence-corrected chi connectivity index (χ4v) is 2.83. The number of ether oxygens (including phenoxy) is 2. The molecule has 0 fully saturated rings. The Morgan fingerprint density at radius 1 is 1.20 bits per heavy atom. The van der Waals surface area contributed by atoms with Crippen molar-refractivity contribution in [1.82, 2.24) is 5.32 Å². The standard InChI is InChI=1S/C18H26BrNO5/c1-3-4-5-6-9-25-18-14(19)10-13(11-15(18)24-2)12-20-16(21)7-8-17(22)23/h10-11H,3-9,12H2,1-2H3,(H,20,21)(H,22,23). The zero-order chi connectivity index (χ0) is 18.7. The second kappa shape index (κ2) is 11.7. The number of halogens is 1. The first-order valence-electron chi connectivity index (χ1n) is 8.45. The Balaban J connectivity index is 2.61. The number of carbonyl (C=O) groups is 2. The average molecular weight is 416 g/mol. The van der Waals surface area contributed by atoms with Crippen molar-refractivity contribution in [2.24, 2.45) is 0 Å². The zero-order valence-electron chi connectivity index (χ0n) is 14.8. The quantitative estimate of drug-likeness (QED) is 0.505. The zero-order valence-corrected chi connectivity index (χ0v) is 16.4. The number of methoxy groups -OCH3 is 1. The Morgan fingerprint density at radius 2 is 1.96 bits per heavy atom. The van der Waals surface area contributed by atoms with Gasteiger partial charge in [0.15, 0.2) is 11.5 Å². The normalized spacial score (nSPS) is 10.4. The molecule has 0 unspecified atom stereocenters. The van der Waals surface area contributed by atoms with E-state index in [0.29, 0.717) is 24.7 Å². The van der Waals surface area contributed by atoms with Gasteiger partial charge in [0, 0.05) is 13.0 Å². The number of benzene rings is 1. The van der Waals surface area contributed by atoms with Gasteiger partial charge in [-0.1, -0.05) is 26.2 Å². The molecular weight excluding hydrogens is 390 g/mol. The van der Waals surface area contributed by atoms with Crippen LogP contribution < -0.4 is 14.8 Å². The molecule has 0 atom stereocenters. The van der Waals surface area contributed by atoms with Gasteiger partial charge in [0.25, 0.3) is 0 Å². The van der Waals surface area contributed by atoms with Gasteiger partial charge in [0.05, 0.1) is 24.6 Å². The highest BCUT2D eigenvalue weighted by Crippen LogP contribution is 2.36. The molecule has 0 bridgehead atoms. The van der Waals surface area contributed by atoms with Gasteiger partial charge in [-0.15, -0.1) is 0 Å². The summed E-state index contributed by atoms with van der Waals surface area (Å²) in [4.78, 5) is 22.1. The van der Waals surface area contributed by atoms with E-state index in [4.69, 9.17) is 14.6 Å². The monoisotopic (exact) mass is 415 g/mol. The third-order valence-corrected chi connectivity index (χ3v) is 4.18. The summed E-state index contributed by atoms with van der Waals surface area (Å²) in [5.74, 6) is -0.0339. The Hall–Kier alpha value is -1.76. The number of nitrogens with one attached hydrogen (secondary N) is 1. The minimum Gasteiger partial charge on any atom is -0.493 e. The molecule has 1 aromatic rings. The number of carboxylic acid groups (broad SMARTS) is 1. The summed E-state index contributed by atoms with van der Waals surface area (Å²) in [6.45, 7) is 3.09. The maximum Gasteiger partial charge on any atom is 0.303 e. The fourth-order valence-electron chi connectivity index (χ4n) is 2.23. The minimum absolute atomic E-state index is 0.0351. The van der Waals surface area contributed by atoms with E-state index < -0.39 is 5.97 Å². The van der Waals surface area contributed by atoms with Gasteiger partial charge < -0.3 is 19.9 Å². The first-order chi connectivity index (χ1) is 12.0. The number of aliphatic carboxylic acids is 1. The molecule has 0 aromatic heterocycles. The number of carboxylic acids is 1. The van der Waals surface area contributed by atoms with Crippen molar-refractivity contribution in [1.29, 1.82) is 0 Å². The first kappa shape index (κ1) is 21.3. The molecule has 2 N–H and O–H groups in total. The summed E-state index contributed by atoms with van der Waals surface area (Å²) in [7, 11) is 1.57. The van der Waals surface area contributed by atoms with Crippen molar-refractivity contribution < 1.29 is 24.2 Å². The van der Waals surface area contributed by atoms with E-state index in [1.807, 2.05) is 12.1 Å². The average Bonchev–Trinajstić information content (AvgIpc) is 2.58. The molecule has 0 aliphatic carbocycles. The molecular formula is C18H26BrNO5. The Bertz CT molecular complexity index is 577. The number of unbranched alkanes of at least 4 members (excludes halogenated alkanes) is 3. The molecule has 0 saturated heterocycles. The molecule has 0 aliphatic heterocycles. The maximum absolute atomic E-state index is 11.6. The van der Waals surface area contributed by atoms with Gasteiger partial charge >= 0.3 is 5.97 Å². The molecule has 7 heteroatoms. The van der Waals surface area contributed by atoms with Crippen molar-refractivity contribution >= 4 is 27.8 Å². The molecule has 1 rings (SSSR count). The molecule has 0 heterocycles. The van der Waals surface area contributed by atoms with E-state index in [1.54, 1.807) is 7.11 Å². The van der Waals surface area contributed by atoms with Crippen molar-refractivity contribution in [3.63, 3.8) is 0 Å². The van der Waals surface area contributed by atoms with Crippen molar-refractivity contribution in [3.8, 4) is 11.5 Å². The van der Waals surface area contributed by atoms with Crippen LogP contribution in [0.5, 0.6) is 11.5 Å². The minimum atomic E-state index is -0.986. The van der Waals surface area contributed by atoms with Gasteiger partial charge in [0.1, 0.15) is 0 Å². The molecule has 0 spiro atoms. The molecule has 25 heavy (non-hydrogen) atoms. The molecule has 140 valence electrons. The lowest BCUT2D eigenvalue weighted by Crippen LogP contribution is -2.23. The fraction of sp³-hybridized carbons (Fsp3) is 0.556. The lowest BCUT2D eigenvalue weighted by Gasteiger charge is -2.15. The lowest BCUT2D eigenvalue weighted by atomic mass is 10.2. The van der Waals surface area contributed by atoms with E-state index in [1.165, 1.54) is 12.8 Å². The van der Waals surface area contributed by atoms with Gasteiger partial charge in [-0.3, -0.25) is 9.59 Å². The number of rotatable bonds is 12. The number of carbonyl (C=O) groups excluding carboxylic acids is 1. The SMILES string of the molecule is CCCCCCOc1c(Br)cc(CNC(=O)CCC(=O)O)cc1OC. The van der Waals surface area contributed by atoms with E-state index in [0.717, 1.165) is 22.9 Å². The predicted molar refractivity (Wildman–Crippen MR) is 99.0 cm³/mol. The molecule has 1 aromatic carbocycles. The third kappa shape index (κ3) is 8.25. The van der Waals surface area contributed by atoms with Crippen LogP contribution in [0, 0.1) is 0 Å². The third-order valence-electron chi connectivity index (χ3n) is 3.59. The number of hydrogen-bond acceptors (Lipinski definition) is 4. The summed E-state index contributed by atoms with van der Waals surface area (Å²) < 4.78 is 12.0. The topological polar surface area (TPSA) is 84.9 Å². The van der Waals surface area contributed by atoms with Crippen LogP contribution in [0.15, 0.2) is 16.6 Å². The van der Waals surface area contributed by atoms with Crippen LogP contribution in [0.1, 0.15) is 51.0 Å². The summed E-state index contributed by atoms with van der Waals surface area (Å²) in [6.07, 6.45) is 4.29. The summed E-state index contributed by atoms with van der Waals surface area (Å²) >= 11 is 3.48. The predicted octanol–water partition coefficient (Wildman–Crippen LogP) is 3.90. The second-order valence-corrected chi connectivity index (χ2v) is 6.54. The van der Waals surface area contributed by atoms with Gasteiger partial charge in [-0.05, 0) is 40.0 Å². The largest absolute Gasteiger partial charge is 0.493 e. The van der Waals surface area contributed by atoms with Gasteiger partial charge in [0.2, 0.25) is 5.91 Å². The lowest BCUT2D eigenvalue weighted by molar-refractivity contribution is -0.138. The van der Waals surface area contributed by atoms with Crippen LogP contribution in [0.4, 0.5) is 0 Å². The van der Waals surface area contributed by atoms with Crippen LogP contribution in [-0.2, 0) is 16.1 Å². The van der Waals surface area contributed by atoms with Gasteiger partial charge in [-0.25, -0.2) is 0 Å². The van der Waals surface area contributed by atoms with Crippen LogP contribution >= 0.6 is 15.9 Å². The number of hydrogen-bond donors (Lipinski definition) is 2. The smallest absolute Gasteiger partial charge is 0.303 e. The molecule has 0 radical (unpaired) electrons.